The minimum atomic E-state index is -4.28. The summed E-state index contributed by atoms with van der Waals surface area (Å²) in [6.45, 7) is -1.55. The van der Waals surface area contributed by atoms with Gasteiger partial charge < -0.3 is 10.8 Å². The van der Waals surface area contributed by atoms with Crippen molar-refractivity contribution in [2.45, 2.75) is 11.7 Å². The van der Waals surface area contributed by atoms with Gasteiger partial charge in [0, 0.05) is 6.54 Å². The van der Waals surface area contributed by atoms with E-state index in [1.807, 2.05) is 0 Å². The van der Waals surface area contributed by atoms with Gasteiger partial charge >= 0.3 is 6.18 Å². The molecule has 0 radical (unpaired) electrons. The lowest BCUT2D eigenvalue weighted by Crippen LogP contribution is -2.51. The number of likely N-dealkylation sites (N-methyl/N-ethyl adjacent to an activating group) is 1. The first-order chi connectivity index (χ1) is 8.27. The van der Waals surface area contributed by atoms with Crippen molar-refractivity contribution in [3.05, 3.63) is 35.9 Å². The molecule has 3 N–H and O–H groups in total. The second-order valence-electron chi connectivity index (χ2n) is 4.47. The van der Waals surface area contributed by atoms with E-state index in [-0.39, 0.29) is 6.54 Å². The first-order valence-corrected chi connectivity index (χ1v) is 5.47. The first-order valence-electron chi connectivity index (χ1n) is 5.47. The van der Waals surface area contributed by atoms with Crippen molar-refractivity contribution in [1.82, 2.24) is 4.90 Å². The minimum Gasteiger partial charge on any atom is -0.394 e. The van der Waals surface area contributed by atoms with Crippen molar-refractivity contribution in [1.29, 1.82) is 0 Å². The van der Waals surface area contributed by atoms with Gasteiger partial charge in [0.15, 0.2) is 0 Å². The summed E-state index contributed by atoms with van der Waals surface area (Å²) >= 11 is 0. The Kier molecular flexibility index (Phi) is 4.72. The van der Waals surface area contributed by atoms with Crippen LogP contribution in [0, 0.1) is 0 Å². The van der Waals surface area contributed by atoms with Crippen LogP contribution in [0.25, 0.3) is 0 Å². The molecule has 102 valence electrons. The molecule has 0 aromatic heterocycles. The Morgan fingerprint density at radius 3 is 2.17 bits per heavy atom. The molecule has 0 fully saturated rings. The van der Waals surface area contributed by atoms with Gasteiger partial charge in [0.05, 0.1) is 18.7 Å². The zero-order chi connectivity index (χ0) is 13.8. The molecule has 0 aliphatic rings. The highest BCUT2D eigenvalue weighted by Gasteiger charge is 2.34. The number of nitrogens with two attached hydrogens (primary N) is 1. The Balaban J connectivity index is 2.78. The number of hydrogen-bond acceptors (Lipinski definition) is 3. The second kappa shape index (κ2) is 5.69. The van der Waals surface area contributed by atoms with Gasteiger partial charge in [-0.1, -0.05) is 30.3 Å². The van der Waals surface area contributed by atoms with E-state index in [2.05, 4.69) is 0 Å². The van der Waals surface area contributed by atoms with E-state index >= 15 is 0 Å². The summed E-state index contributed by atoms with van der Waals surface area (Å²) in [6, 6.07) is 8.63. The number of halogens is 3. The molecule has 0 bridgehead atoms. The molecule has 1 aromatic carbocycles. The maximum absolute atomic E-state index is 12.2. The fourth-order valence-electron chi connectivity index (χ4n) is 1.85. The number of hydrogen-bond donors (Lipinski definition) is 2. The normalized spacial score (nSPS) is 15.7. The van der Waals surface area contributed by atoms with Crippen LogP contribution in [0.4, 0.5) is 13.2 Å². The Morgan fingerprint density at radius 1 is 1.17 bits per heavy atom. The summed E-state index contributed by atoms with van der Waals surface area (Å²) in [6.07, 6.45) is -4.28. The van der Waals surface area contributed by atoms with Crippen LogP contribution in [-0.2, 0) is 5.54 Å². The van der Waals surface area contributed by atoms with Crippen LogP contribution in [-0.4, -0.2) is 42.9 Å². The monoisotopic (exact) mass is 262 g/mol. The van der Waals surface area contributed by atoms with E-state index in [1.165, 1.54) is 7.05 Å². The number of nitrogens with zero attached hydrogens (tertiary/aromatic N) is 1. The fourth-order valence-corrected chi connectivity index (χ4v) is 1.85. The predicted molar refractivity (Wildman–Crippen MR) is 62.9 cm³/mol. The van der Waals surface area contributed by atoms with Gasteiger partial charge in [0.2, 0.25) is 0 Å². The average Bonchev–Trinajstić information content (AvgIpc) is 2.27. The van der Waals surface area contributed by atoms with Gasteiger partial charge in [0.25, 0.3) is 0 Å². The summed E-state index contributed by atoms with van der Waals surface area (Å²) in [5.41, 5.74) is 5.40. The Labute approximate surface area is 104 Å². The highest BCUT2D eigenvalue weighted by Crippen LogP contribution is 2.21. The Hall–Kier alpha value is -1.11. The summed E-state index contributed by atoms with van der Waals surface area (Å²) in [5, 5.41) is 9.35. The van der Waals surface area contributed by atoms with Gasteiger partial charge in [-0.05, 0) is 12.6 Å². The molecular formula is C12H17F3N2O. The Bertz CT molecular complexity index is 369. The van der Waals surface area contributed by atoms with Gasteiger partial charge in [-0.2, -0.15) is 13.2 Å². The van der Waals surface area contributed by atoms with Gasteiger partial charge in [0.1, 0.15) is 0 Å². The number of rotatable bonds is 5. The van der Waals surface area contributed by atoms with E-state index in [0.29, 0.717) is 5.56 Å². The third kappa shape index (κ3) is 4.29. The minimum absolute atomic E-state index is 0.0764. The number of aliphatic hydroxyl groups is 1. The van der Waals surface area contributed by atoms with Crippen molar-refractivity contribution in [3.63, 3.8) is 0 Å². The van der Waals surface area contributed by atoms with Crippen LogP contribution in [0.2, 0.25) is 0 Å². The van der Waals surface area contributed by atoms with Gasteiger partial charge in [-0.3, -0.25) is 4.90 Å². The lowest BCUT2D eigenvalue weighted by Gasteiger charge is -2.32. The van der Waals surface area contributed by atoms with Crippen molar-refractivity contribution >= 4 is 0 Å². The molecule has 0 amide bonds. The molecule has 0 aliphatic carbocycles. The van der Waals surface area contributed by atoms with Gasteiger partial charge in [-0.15, -0.1) is 0 Å². The van der Waals surface area contributed by atoms with Crippen molar-refractivity contribution in [2.75, 3.05) is 26.7 Å². The first kappa shape index (κ1) is 14.9. The summed E-state index contributed by atoms with van der Waals surface area (Å²) in [4.78, 5) is 1.06. The average molecular weight is 262 g/mol. The van der Waals surface area contributed by atoms with Crippen LogP contribution in [0.3, 0.4) is 0 Å². The van der Waals surface area contributed by atoms with E-state index in [0.717, 1.165) is 4.90 Å². The quantitative estimate of drug-likeness (QED) is 0.841. The predicted octanol–water partition coefficient (Wildman–Crippen LogP) is 1.33. The largest absolute Gasteiger partial charge is 0.401 e. The van der Waals surface area contributed by atoms with Crippen LogP contribution in [0.1, 0.15) is 5.56 Å². The molecule has 0 aliphatic heterocycles. The molecule has 0 saturated carbocycles. The molecule has 1 atom stereocenters. The molecule has 0 spiro atoms. The molecule has 18 heavy (non-hydrogen) atoms. The number of alkyl halides is 3. The fraction of sp³-hybridized carbons (Fsp3) is 0.500. The standard InChI is InChI=1S/C12H17F3N2O/c1-17(8-12(13,14)15)7-11(16,9-18)10-5-3-2-4-6-10/h2-6,18H,7-9,16H2,1H3. The molecule has 1 aromatic rings. The third-order valence-corrected chi connectivity index (χ3v) is 2.63. The molecule has 0 saturated heterocycles. The SMILES string of the molecule is CN(CC(F)(F)F)CC(N)(CO)c1ccccc1. The second-order valence-corrected chi connectivity index (χ2v) is 4.47. The molecular weight excluding hydrogens is 245 g/mol. The maximum atomic E-state index is 12.2. The molecule has 3 nitrogen and oxygen atoms in total. The van der Waals surface area contributed by atoms with E-state index in [4.69, 9.17) is 5.73 Å². The highest BCUT2D eigenvalue weighted by molar-refractivity contribution is 5.24. The van der Waals surface area contributed by atoms with Crippen LogP contribution in [0.15, 0.2) is 30.3 Å². The number of benzene rings is 1. The molecule has 1 rings (SSSR count). The molecule has 1 unspecified atom stereocenters. The van der Waals surface area contributed by atoms with Crippen molar-refractivity contribution in [3.8, 4) is 0 Å². The van der Waals surface area contributed by atoms with Crippen LogP contribution >= 0.6 is 0 Å². The molecule has 6 heteroatoms. The van der Waals surface area contributed by atoms with E-state index in [9.17, 15) is 18.3 Å². The van der Waals surface area contributed by atoms with Gasteiger partial charge in [-0.25, -0.2) is 0 Å². The van der Waals surface area contributed by atoms with E-state index in [1.54, 1.807) is 30.3 Å². The van der Waals surface area contributed by atoms with Crippen molar-refractivity contribution < 1.29 is 18.3 Å². The van der Waals surface area contributed by atoms with E-state index < -0.39 is 24.9 Å². The zero-order valence-electron chi connectivity index (χ0n) is 10.1. The highest BCUT2D eigenvalue weighted by atomic mass is 19.4. The summed E-state index contributed by atoms with van der Waals surface area (Å²) in [7, 11) is 1.33. The lowest BCUT2D eigenvalue weighted by molar-refractivity contribution is -0.145. The summed E-state index contributed by atoms with van der Waals surface area (Å²) < 4.78 is 36.7. The summed E-state index contributed by atoms with van der Waals surface area (Å²) in [5.74, 6) is 0. The topological polar surface area (TPSA) is 49.5 Å². The smallest absolute Gasteiger partial charge is 0.394 e. The zero-order valence-corrected chi connectivity index (χ0v) is 10.1. The van der Waals surface area contributed by atoms with Crippen LogP contribution < -0.4 is 5.73 Å². The number of aliphatic hydroxyl groups excluding tert-OH is 1. The third-order valence-electron chi connectivity index (χ3n) is 2.63. The molecule has 0 heterocycles. The Morgan fingerprint density at radius 2 is 1.72 bits per heavy atom. The van der Waals surface area contributed by atoms with Crippen LogP contribution in [0.5, 0.6) is 0 Å². The maximum Gasteiger partial charge on any atom is 0.401 e. The lowest BCUT2D eigenvalue weighted by atomic mass is 9.91. The van der Waals surface area contributed by atoms with Crippen molar-refractivity contribution in [2.24, 2.45) is 5.73 Å².